The molecule has 11 heteroatoms. The first-order valence-electron chi connectivity index (χ1n) is 15.8. The summed E-state index contributed by atoms with van der Waals surface area (Å²) in [6.07, 6.45) is 3.02. The number of nitrogens with two attached hydrogens (primary N) is 1. The lowest BCUT2D eigenvalue weighted by Crippen LogP contribution is -2.43. The number of amides is 3. The van der Waals surface area contributed by atoms with Gasteiger partial charge in [0.15, 0.2) is 0 Å². The third-order valence-electron chi connectivity index (χ3n) is 8.97. The highest BCUT2D eigenvalue weighted by Crippen LogP contribution is 2.33. The first-order valence-corrected chi connectivity index (χ1v) is 15.8. The number of piperidine rings is 1. The van der Waals surface area contributed by atoms with Gasteiger partial charge in [-0.2, -0.15) is 0 Å². The highest BCUT2D eigenvalue weighted by atomic mass is 19.1. The highest BCUT2D eigenvalue weighted by Gasteiger charge is 2.30. The van der Waals surface area contributed by atoms with Gasteiger partial charge in [0.2, 0.25) is 5.91 Å². The van der Waals surface area contributed by atoms with E-state index in [9.17, 15) is 14.4 Å². The molecule has 3 heterocycles. The molecule has 242 valence electrons. The summed E-state index contributed by atoms with van der Waals surface area (Å²) in [5.74, 6) is -0.832. The largest absolute Gasteiger partial charge is 0.383 e. The van der Waals surface area contributed by atoms with Gasteiger partial charge >= 0.3 is 0 Å². The van der Waals surface area contributed by atoms with Crippen molar-refractivity contribution in [2.24, 2.45) is 11.7 Å². The fraction of sp³-hybridized carbons (Fsp3) is 0.500. The van der Waals surface area contributed by atoms with Crippen LogP contribution in [0.2, 0.25) is 0 Å². The van der Waals surface area contributed by atoms with Crippen molar-refractivity contribution in [3.63, 3.8) is 0 Å². The molecule has 5 rings (SSSR count). The molecule has 2 aromatic carbocycles. The number of hydrogen-bond donors (Lipinski definition) is 2. The number of carbonyl (C=O) groups is 3. The molecule has 10 nitrogen and oxygen atoms in total. The Morgan fingerprint density at radius 3 is 2.40 bits per heavy atom. The van der Waals surface area contributed by atoms with Crippen molar-refractivity contribution >= 4 is 28.6 Å². The van der Waals surface area contributed by atoms with Crippen LogP contribution in [0.1, 0.15) is 64.4 Å². The topological polar surface area (TPSA) is 119 Å². The van der Waals surface area contributed by atoms with Gasteiger partial charge in [-0.25, -0.2) is 4.39 Å². The van der Waals surface area contributed by atoms with Gasteiger partial charge in [0.05, 0.1) is 31.4 Å². The smallest absolute Gasteiger partial charge is 0.256 e. The lowest BCUT2D eigenvalue weighted by molar-refractivity contribution is -0.123. The van der Waals surface area contributed by atoms with Gasteiger partial charge < -0.3 is 34.9 Å². The average Bonchev–Trinajstić information content (AvgIpc) is 3.45. The Kier molecular flexibility index (Phi) is 10.5. The average molecular weight is 622 g/mol. The molecule has 1 atom stereocenters. The van der Waals surface area contributed by atoms with Crippen molar-refractivity contribution < 1.29 is 28.2 Å². The van der Waals surface area contributed by atoms with E-state index in [1.165, 1.54) is 6.07 Å². The van der Waals surface area contributed by atoms with Crippen LogP contribution >= 0.6 is 0 Å². The Morgan fingerprint density at radius 2 is 1.71 bits per heavy atom. The Morgan fingerprint density at radius 1 is 1.02 bits per heavy atom. The standard InChI is InChI=1S/C34H44FN5O5/c1-22(2)31(36)32(41)37-20-23-7-8-28(35)26(19-23)24-9-11-38(12-10-24)34(43)27-21-40(13-16-44-3)29-6-4-5-25(30(27)29)33(42)39-14-17-45-18-15-39/h4-8,19,21-22,24,31H,9-18,20,36H2,1-3H3,(H,37,41)/t31-/m0/s1. The summed E-state index contributed by atoms with van der Waals surface area (Å²) in [6.45, 7) is 7.95. The van der Waals surface area contributed by atoms with E-state index in [0.717, 1.165) is 11.1 Å². The van der Waals surface area contributed by atoms with Crippen LogP contribution in [0.3, 0.4) is 0 Å². The van der Waals surface area contributed by atoms with Gasteiger partial charge in [-0.1, -0.05) is 32.0 Å². The van der Waals surface area contributed by atoms with E-state index in [2.05, 4.69) is 5.32 Å². The zero-order valence-electron chi connectivity index (χ0n) is 26.4. The van der Waals surface area contributed by atoms with Crippen LogP contribution in [-0.2, 0) is 27.4 Å². The number of hydrogen-bond acceptors (Lipinski definition) is 6. The van der Waals surface area contributed by atoms with E-state index >= 15 is 4.39 Å². The minimum Gasteiger partial charge on any atom is -0.383 e. The maximum atomic E-state index is 15.0. The van der Waals surface area contributed by atoms with Gasteiger partial charge in [0, 0.05) is 69.0 Å². The van der Waals surface area contributed by atoms with Crippen molar-refractivity contribution in [1.82, 2.24) is 19.7 Å². The number of nitrogens with one attached hydrogen (secondary N) is 1. The number of likely N-dealkylation sites (tertiary alicyclic amines) is 1. The SMILES string of the molecule is COCCn1cc(C(=O)N2CCC(c3cc(CNC(=O)[C@@H](N)C(C)C)ccc3F)CC2)c2c(C(=O)N3CCOCC3)cccc21. The summed E-state index contributed by atoms with van der Waals surface area (Å²) in [5.41, 5.74) is 9.15. The molecule has 2 fully saturated rings. The van der Waals surface area contributed by atoms with Crippen molar-refractivity contribution in [2.75, 3.05) is 53.1 Å². The number of morpholine rings is 1. The Balaban J connectivity index is 1.33. The van der Waals surface area contributed by atoms with Gasteiger partial charge in [-0.3, -0.25) is 14.4 Å². The number of halogens is 1. The molecule has 45 heavy (non-hydrogen) atoms. The fourth-order valence-corrected chi connectivity index (χ4v) is 6.19. The Bertz CT molecular complexity index is 1520. The molecular formula is C34H44FN5O5. The van der Waals surface area contributed by atoms with Crippen LogP contribution in [0.4, 0.5) is 4.39 Å². The minimum absolute atomic E-state index is 0.0143. The molecule has 0 radical (unpaired) electrons. The van der Waals surface area contributed by atoms with Crippen LogP contribution < -0.4 is 11.1 Å². The van der Waals surface area contributed by atoms with Crippen molar-refractivity contribution in [1.29, 1.82) is 0 Å². The van der Waals surface area contributed by atoms with Crippen LogP contribution in [0.15, 0.2) is 42.6 Å². The Hall–Kier alpha value is -3.80. The van der Waals surface area contributed by atoms with Crippen LogP contribution in [0, 0.1) is 11.7 Å². The lowest BCUT2D eigenvalue weighted by Gasteiger charge is -2.32. The number of ether oxygens (including phenoxy) is 2. The zero-order chi connectivity index (χ0) is 32.1. The molecule has 1 aromatic heterocycles. The third-order valence-corrected chi connectivity index (χ3v) is 8.97. The Labute approximate surface area is 263 Å². The molecule has 3 aromatic rings. The maximum absolute atomic E-state index is 15.0. The fourth-order valence-electron chi connectivity index (χ4n) is 6.19. The molecule has 3 amide bonds. The molecule has 2 aliphatic rings. The first-order chi connectivity index (χ1) is 21.7. The third kappa shape index (κ3) is 7.21. The molecule has 2 aliphatic heterocycles. The molecule has 3 N–H and O–H groups in total. The second kappa shape index (κ2) is 14.5. The number of methoxy groups -OCH3 is 1. The number of aromatic nitrogens is 1. The van der Waals surface area contributed by atoms with E-state index in [4.69, 9.17) is 15.2 Å². The molecular weight excluding hydrogens is 577 g/mol. The summed E-state index contributed by atoms with van der Waals surface area (Å²) >= 11 is 0. The number of carbonyl (C=O) groups excluding carboxylic acids is 3. The summed E-state index contributed by atoms with van der Waals surface area (Å²) in [7, 11) is 1.63. The number of benzene rings is 2. The predicted octanol–water partition coefficient (Wildman–Crippen LogP) is 3.52. The van der Waals surface area contributed by atoms with E-state index in [1.807, 2.05) is 42.8 Å². The number of rotatable bonds is 10. The lowest BCUT2D eigenvalue weighted by atomic mass is 9.88. The van der Waals surface area contributed by atoms with Crippen molar-refractivity contribution in [3.8, 4) is 0 Å². The van der Waals surface area contributed by atoms with Crippen molar-refractivity contribution in [2.45, 2.75) is 51.7 Å². The molecule has 0 bridgehead atoms. The summed E-state index contributed by atoms with van der Waals surface area (Å²) in [5, 5.41) is 3.50. The van der Waals surface area contributed by atoms with E-state index in [-0.39, 0.29) is 41.9 Å². The molecule has 0 aliphatic carbocycles. The summed E-state index contributed by atoms with van der Waals surface area (Å²) in [6, 6.07) is 9.90. The molecule has 0 saturated carbocycles. The summed E-state index contributed by atoms with van der Waals surface area (Å²) < 4.78 is 27.7. The molecule has 0 spiro atoms. The number of fused-ring (bicyclic) bond motifs is 1. The highest BCUT2D eigenvalue weighted by molar-refractivity contribution is 6.15. The summed E-state index contributed by atoms with van der Waals surface area (Å²) in [4.78, 5) is 43.6. The van der Waals surface area contributed by atoms with E-state index in [0.29, 0.717) is 87.5 Å². The number of nitrogens with zero attached hydrogens (tertiary/aromatic N) is 3. The van der Waals surface area contributed by atoms with Crippen LogP contribution in [-0.4, -0.2) is 91.2 Å². The molecule has 0 unspecified atom stereocenters. The minimum atomic E-state index is -0.602. The van der Waals surface area contributed by atoms with Crippen LogP contribution in [0.5, 0.6) is 0 Å². The van der Waals surface area contributed by atoms with E-state index in [1.54, 1.807) is 29.0 Å². The maximum Gasteiger partial charge on any atom is 0.256 e. The second-order valence-corrected chi connectivity index (χ2v) is 12.2. The molecule has 2 saturated heterocycles. The zero-order valence-corrected chi connectivity index (χ0v) is 26.4. The van der Waals surface area contributed by atoms with E-state index < -0.39 is 6.04 Å². The van der Waals surface area contributed by atoms with Crippen LogP contribution in [0.25, 0.3) is 10.9 Å². The normalized spacial score (nSPS) is 16.8. The second-order valence-electron chi connectivity index (χ2n) is 12.2. The predicted molar refractivity (Wildman–Crippen MR) is 169 cm³/mol. The van der Waals surface area contributed by atoms with Gasteiger partial charge in [0.25, 0.3) is 11.8 Å². The monoisotopic (exact) mass is 621 g/mol. The first kappa shape index (κ1) is 32.6. The van der Waals surface area contributed by atoms with Crippen molar-refractivity contribution in [3.05, 3.63) is 70.7 Å². The van der Waals surface area contributed by atoms with Gasteiger partial charge in [-0.15, -0.1) is 0 Å². The van der Waals surface area contributed by atoms with Gasteiger partial charge in [-0.05, 0) is 54.0 Å². The van der Waals surface area contributed by atoms with Gasteiger partial charge in [0.1, 0.15) is 5.82 Å². The quantitative estimate of drug-likeness (QED) is 0.358.